The van der Waals surface area contributed by atoms with E-state index >= 15 is 0 Å². The Morgan fingerprint density at radius 1 is 0.635 bits per heavy atom. The maximum absolute atomic E-state index is 14.0. The van der Waals surface area contributed by atoms with Gasteiger partial charge in [0.2, 0.25) is 23.8 Å². The smallest absolute Gasteiger partial charge is 0.239 e. The molecule has 3 fully saturated rings. The number of aliphatic hydroxyl groups excluding tert-OH is 9. The Morgan fingerprint density at radius 3 is 1.79 bits per heavy atom. The van der Waals surface area contributed by atoms with Gasteiger partial charge in [0.05, 0.1) is 18.8 Å². The molecule has 6 rings (SSSR count). The highest BCUT2D eigenvalue weighted by Gasteiger charge is 2.48. The van der Waals surface area contributed by atoms with Crippen LogP contribution in [-0.4, -0.2) is 155 Å². The highest BCUT2D eigenvalue weighted by atomic mass is 16.7. The fourth-order valence-electron chi connectivity index (χ4n) is 6.09. The highest BCUT2D eigenvalue weighted by Crippen LogP contribution is 2.38. The number of aliphatic hydroxyl groups is 9. The van der Waals surface area contributed by atoms with Crippen LogP contribution in [-0.2, 0) is 18.9 Å². The molecule has 52 heavy (non-hydrogen) atoms. The average molecular weight is 741 g/mol. The fourth-order valence-corrected chi connectivity index (χ4v) is 6.09. The minimum atomic E-state index is -1.98. The topological polar surface area (TPSA) is 308 Å². The number of benzene rings is 2. The average Bonchev–Trinajstić information content (AvgIpc) is 3.11. The second-order valence-corrected chi connectivity index (χ2v) is 12.9. The summed E-state index contributed by atoms with van der Waals surface area (Å²) in [5.41, 5.74) is -1.16. The Balaban J connectivity index is 1.32. The van der Waals surface area contributed by atoms with Crippen molar-refractivity contribution in [3.63, 3.8) is 0 Å². The number of phenols is 2. The lowest BCUT2D eigenvalue weighted by molar-refractivity contribution is -0.318. The van der Waals surface area contributed by atoms with Crippen molar-refractivity contribution in [3.8, 4) is 34.3 Å². The van der Waals surface area contributed by atoms with Crippen LogP contribution in [0.4, 0.5) is 0 Å². The molecule has 1 aromatic heterocycles. The molecule has 2 aromatic carbocycles. The van der Waals surface area contributed by atoms with Gasteiger partial charge in [-0.15, -0.1) is 0 Å². The maximum atomic E-state index is 14.0. The van der Waals surface area contributed by atoms with Gasteiger partial charge in [0, 0.05) is 17.7 Å². The third-order valence-electron chi connectivity index (χ3n) is 9.23. The molecule has 3 aliphatic rings. The number of hydrogen-bond donors (Lipinski definition) is 11. The van der Waals surface area contributed by atoms with Gasteiger partial charge in [-0.3, -0.25) is 4.79 Å². The predicted octanol–water partition coefficient (Wildman–Crippen LogP) is -2.89. The van der Waals surface area contributed by atoms with Gasteiger partial charge < -0.3 is 89.0 Å². The van der Waals surface area contributed by atoms with E-state index in [1.54, 1.807) is 0 Å². The van der Waals surface area contributed by atoms with Crippen LogP contribution in [0, 0.1) is 0 Å². The summed E-state index contributed by atoms with van der Waals surface area (Å²) >= 11 is 0. The van der Waals surface area contributed by atoms with Crippen molar-refractivity contribution >= 4 is 11.0 Å². The Morgan fingerprint density at radius 2 is 1.17 bits per heavy atom. The van der Waals surface area contributed by atoms with Gasteiger partial charge >= 0.3 is 0 Å². The first-order valence-corrected chi connectivity index (χ1v) is 16.2. The van der Waals surface area contributed by atoms with Crippen LogP contribution < -0.4 is 14.9 Å². The van der Waals surface area contributed by atoms with Crippen LogP contribution >= 0.6 is 0 Å². The van der Waals surface area contributed by atoms with Crippen molar-refractivity contribution < 1.29 is 89.0 Å². The van der Waals surface area contributed by atoms with Gasteiger partial charge in [0.1, 0.15) is 89.3 Å². The zero-order chi connectivity index (χ0) is 37.8. The van der Waals surface area contributed by atoms with Crippen LogP contribution in [0.2, 0.25) is 0 Å². The molecule has 11 N–H and O–H groups in total. The minimum Gasteiger partial charge on any atom is -0.508 e. The first-order chi connectivity index (χ1) is 24.6. The summed E-state index contributed by atoms with van der Waals surface area (Å²) < 4.78 is 39.5. The fraction of sp³-hybridized carbons (Fsp3) is 0.545. The molecule has 0 spiro atoms. The van der Waals surface area contributed by atoms with Crippen molar-refractivity contribution in [1.82, 2.24) is 0 Å². The van der Waals surface area contributed by atoms with E-state index in [4.69, 9.17) is 32.8 Å². The number of aromatic hydroxyl groups is 2. The molecule has 4 heterocycles. The molecule has 3 saturated heterocycles. The van der Waals surface area contributed by atoms with E-state index < -0.39 is 121 Å². The summed E-state index contributed by atoms with van der Waals surface area (Å²) in [5, 5.41) is 114. The zero-order valence-corrected chi connectivity index (χ0v) is 27.5. The largest absolute Gasteiger partial charge is 0.508 e. The minimum absolute atomic E-state index is 0.138. The molecule has 286 valence electrons. The molecule has 0 amide bonds. The Labute approximate surface area is 293 Å². The van der Waals surface area contributed by atoms with Crippen LogP contribution in [0.5, 0.6) is 23.0 Å². The van der Waals surface area contributed by atoms with Crippen molar-refractivity contribution in [2.75, 3.05) is 6.61 Å². The summed E-state index contributed by atoms with van der Waals surface area (Å²) in [4.78, 5) is 14.0. The van der Waals surface area contributed by atoms with E-state index in [1.165, 1.54) is 44.2 Å². The van der Waals surface area contributed by atoms with Gasteiger partial charge in [0.25, 0.3) is 0 Å². The monoisotopic (exact) mass is 740 g/mol. The highest BCUT2D eigenvalue weighted by molar-refractivity contribution is 5.88. The molecule has 3 aromatic rings. The molecule has 0 bridgehead atoms. The molecule has 0 radical (unpaired) electrons. The molecule has 15 atom stereocenters. The van der Waals surface area contributed by atoms with E-state index in [2.05, 4.69) is 0 Å². The standard InChI is InChI=1S/C33H40O19/c1-10-19(36)23(40)26(43)31(47-10)46-9-17-21(38)25(42)28(45)33(51-17)52-30-22(39)18-15(35)7-14(49-32-27(44)24(41)20(37)11(2)48-32)8-16(18)50-29(30)12-3-5-13(34)6-4-12/h3-8,10-11,17,19-21,23-28,31-38,40-45H,9H2,1-2H3/t10-,11+,17+,19-,20+,21-,23+,24-,25-,26+,27-,28+,31+,32+,33+/m1/s1. The Bertz CT molecular complexity index is 1770. The number of ether oxygens (including phenoxy) is 6. The maximum Gasteiger partial charge on any atom is 0.239 e. The van der Waals surface area contributed by atoms with Gasteiger partial charge in [-0.05, 0) is 38.1 Å². The predicted molar refractivity (Wildman–Crippen MR) is 170 cm³/mol. The van der Waals surface area contributed by atoms with Crippen molar-refractivity contribution in [2.24, 2.45) is 0 Å². The summed E-state index contributed by atoms with van der Waals surface area (Å²) in [7, 11) is 0. The van der Waals surface area contributed by atoms with Gasteiger partial charge in [-0.25, -0.2) is 0 Å². The number of hydrogen-bond acceptors (Lipinski definition) is 19. The number of rotatable bonds is 8. The SMILES string of the molecule is C[C@@H]1O[C@@H](Oc2cc(O)c3c(=O)c(O[C@@H]4O[C@@H](CO[C@H]5O[C@H](C)[C@@H](O)[C@H](O)[C@@H]5O)[C@@H](O)[C@@H](O)[C@@H]4O)c(-c4ccc(O)cc4)oc3c2)[C@H](O)[C@H](O)[C@H]1O. The molecule has 19 heteroatoms. The lowest BCUT2D eigenvalue weighted by Crippen LogP contribution is -2.61. The molecular weight excluding hydrogens is 700 g/mol. The zero-order valence-electron chi connectivity index (χ0n) is 27.5. The van der Waals surface area contributed by atoms with Crippen molar-refractivity contribution in [3.05, 3.63) is 46.6 Å². The van der Waals surface area contributed by atoms with Gasteiger partial charge in [0.15, 0.2) is 12.1 Å². The van der Waals surface area contributed by atoms with E-state index in [9.17, 15) is 61.0 Å². The third-order valence-corrected chi connectivity index (χ3v) is 9.23. The first kappa shape index (κ1) is 38.1. The van der Waals surface area contributed by atoms with Gasteiger partial charge in [-0.2, -0.15) is 0 Å². The second kappa shape index (κ2) is 15.0. The van der Waals surface area contributed by atoms with Crippen LogP contribution in [0.25, 0.3) is 22.3 Å². The first-order valence-electron chi connectivity index (χ1n) is 16.2. The van der Waals surface area contributed by atoms with E-state index in [0.717, 1.165) is 6.07 Å². The Kier molecular flexibility index (Phi) is 11.0. The number of phenolic OH excluding ortho intramolecular Hbond substituents is 2. The van der Waals surface area contributed by atoms with Crippen LogP contribution in [0.15, 0.2) is 45.6 Å². The molecule has 19 nitrogen and oxygen atoms in total. The van der Waals surface area contributed by atoms with Crippen molar-refractivity contribution in [2.45, 2.75) is 106 Å². The lowest BCUT2D eigenvalue weighted by atomic mass is 9.98. The molecule has 0 aliphatic carbocycles. The number of fused-ring (bicyclic) bond motifs is 1. The van der Waals surface area contributed by atoms with Crippen molar-refractivity contribution in [1.29, 1.82) is 0 Å². The second-order valence-electron chi connectivity index (χ2n) is 12.9. The van der Waals surface area contributed by atoms with E-state index in [-0.39, 0.29) is 28.4 Å². The molecule has 0 unspecified atom stereocenters. The summed E-state index contributed by atoms with van der Waals surface area (Å²) in [6.45, 7) is 2.25. The molecular formula is C33H40O19. The van der Waals surface area contributed by atoms with E-state index in [0.29, 0.717) is 0 Å². The summed E-state index contributed by atoms with van der Waals surface area (Å²) in [5.74, 6) is -2.01. The normalized spacial score (nSPS) is 38.2. The summed E-state index contributed by atoms with van der Waals surface area (Å²) in [6.07, 6.45) is -23.5. The van der Waals surface area contributed by atoms with Crippen LogP contribution in [0.1, 0.15) is 13.8 Å². The van der Waals surface area contributed by atoms with Gasteiger partial charge in [-0.1, -0.05) is 0 Å². The third kappa shape index (κ3) is 7.16. The Hall–Kier alpha value is -3.67. The van der Waals surface area contributed by atoms with E-state index in [1.807, 2.05) is 0 Å². The van der Waals surface area contributed by atoms with Crippen LogP contribution in [0.3, 0.4) is 0 Å². The molecule has 3 aliphatic heterocycles. The quantitative estimate of drug-likeness (QED) is 0.110. The molecule has 0 saturated carbocycles. The lowest BCUT2D eigenvalue weighted by Gasteiger charge is -2.42. The summed E-state index contributed by atoms with van der Waals surface area (Å²) in [6, 6.07) is 7.38.